The van der Waals surface area contributed by atoms with Gasteiger partial charge in [-0.05, 0) is 42.5 Å². The highest BCUT2D eigenvalue weighted by atomic mass is 32.2. The third-order valence-electron chi connectivity index (χ3n) is 4.46. The molecule has 1 aliphatic carbocycles. The Balaban J connectivity index is 1.75. The van der Waals surface area contributed by atoms with Crippen LogP contribution < -0.4 is 9.62 Å². The topological polar surface area (TPSA) is 104 Å². The first-order chi connectivity index (χ1) is 11.3. The van der Waals surface area contributed by atoms with E-state index in [1.54, 1.807) is 12.1 Å². The number of aliphatic carboxylic acids is 1. The molecule has 24 heavy (non-hydrogen) atoms. The molecule has 2 aliphatic rings. The first kappa shape index (κ1) is 16.8. The summed E-state index contributed by atoms with van der Waals surface area (Å²) in [6.07, 6.45) is 4.17. The number of carboxylic acids is 1. The lowest BCUT2D eigenvalue weighted by molar-refractivity contribution is -0.139. The number of benzene rings is 1. The van der Waals surface area contributed by atoms with Crippen molar-refractivity contribution in [2.45, 2.75) is 31.7 Å². The minimum absolute atomic E-state index is 0.353. The highest BCUT2D eigenvalue weighted by molar-refractivity contribution is 7.92. The number of anilines is 1. The van der Waals surface area contributed by atoms with Crippen LogP contribution in [0.1, 0.15) is 35.2 Å². The van der Waals surface area contributed by atoms with Gasteiger partial charge in [-0.15, -0.1) is 0 Å². The Morgan fingerprint density at radius 1 is 1.38 bits per heavy atom. The van der Waals surface area contributed by atoms with E-state index in [4.69, 9.17) is 0 Å². The van der Waals surface area contributed by atoms with Crippen molar-refractivity contribution in [1.29, 1.82) is 0 Å². The van der Waals surface area contributed by atoms with Crippen LogP contribution in [0.3, 0.4) is 0 Å². The molecule has 1 saturated carbocycles. The first-order valence-electron chi connectivity index (χ1n) is 7.90. The van der Waals surface area contributed by atoms with Gasteiger partial charge in [-0.25, -0.2) is 13.2 Å². The van der Waals surface area contributed by atoms with Gasteiger partial charge < -0.3 is 10.4 Å². The number of hydrogen-bond donors (Lipinski definition) is 2. The van der Waals surface area contributed by atoms with Crippen molar-refractivity contribution in [3.8, 4) is 0 Å². The quantitative estimate of drug-likeness (QED) is 0.795. The van der Waals surface area contributed by atoms with E-state index in [0.29, 0.717) is 36.6 Å². The lowest BCUT2D eigenvalue weighted by atomic mass is 10.1. The van der Waals surface area contributed by atoms with E-state index in [9.17, 15) is 23.1 Å². The maximum atomic E-state index is 12.3. The average Bonchev–Trinajstić information content (AvgIpc) is 3.20. The molecular weight excluding hydrogens is 332 g/mol. The van der Waals surface area contributed by atoms with E-state index in [1.165, 1.54) is 10.4 Å². The number of rotatable bonds is 6. The zero-order valence-corrected chi connectivity index (χ0v) is 14.2. The van der Waals surface area contributed by atoms with Crippen molar-refractivity contribution in [3.63, 3.8) is 0 Å². The molecule has 1 fully saturated rings. The minimum Gasteiger partial charge on any atom is -0.480 e. The van der Waals surface area contributed by atoms with Gasteiger partial charge in [0.2, 0.25) is 10.0 Å². The van der Waals surface area contributed by atoms with Crippen molar-refractivity contribution in [1.82, 2.24) is 5.32 Å². The number of fused-ring (bicyclic) bond motifs is 1. The van der Waals surface area contributed by atoms with Crippen LogP contribution in [0.25, 0.3) is 0 Å². The number of hydrogen-bond acceptors (Lipinski definition) is 4. The molecule has 0 saturated heterocycles. The van der Waals surface area contributed by atoms with Gasteiger partial charge in [0.1, 0.15) is 6.04 Å². The van der Waals surface area contributed by atoms with Crippen molar-refractivity contribution in [3.05, 3.63) is 29.3 Å². The second kappa shape index (κ2) is 6.08. The largest absolute Gasteiger partial charge is 0.480 e. The van der Waals surface area contributed by atoms with E-state index in [1.807, 2.05) is 0 Å². The number of sulfonamides is 1. The molecule has 0 aromatic heterocycles. The van der Waals surface area contributed by atoms with Gasteiger partial charge in [-0.3, -0.25) is 9.10 Å². The molecule has 0 bridgehead atoms. The molecule has 1 heterocycles. The molecule has 1 aromatic rings. The third kappa shape index (κ3) is 3.53. The molecule has 130 valence electrons. The van der Waals surface area contributed by atoms with Crippen LogP contribution in [0.15, 0.2) is 18.2 Å². The van der Waals surface area contributed by atoms with Gasteiger partial charge in [0.25, 0.3) is 5.91 Å². The predicted octanol–water partition coefficient (Wildman–Crippen LogP) is 0.992. The summed E-state index contributed by atoms with van der Waals surface area (Å²) in [5, 5.41) is 11.8. The molecule has 1 aliphatic heterocycles. The number of nitrogens with zero attached hydrogens (tertiary/aromatic N) is 1. The Morgan fingerprint density at radius 3 is 2.67 bits per heavy atom. The van der Waals surface area contributed by atoms with E-state index in [0.717, 1.165) is 24.7 Å². The summed E-state index contributed by atoms with van der Waals surface area (Å²) >= 11 is 0. The van der Waals surface area contributed by atoms with Gasteiger partial charge in [0, 0.05) is 12.1 Å². The van der Waals surface area contributed by atoms with Crippen molar-refractivity contribution in [2.24, 2.45) is 5.92 Å². The second-order valence-electron chi connectivity index (χ2n) is 6.47. The molecule has 1 unspecified atom stereocenters. The van der Waals surface area contributed by atoms with Crippen LogP contribution in [0.5, 0.6) is 0 Å². The second-order valence-corrected chi connectivity index (χ2v) is 8.38. The maximum Gasteiger partial charge on any atom is 0.326 e. The summed E-state index contributed by atoms with van der Waals surface area (Å²) in [4.78, 5) is 23.6. The van der Waals surface area contributed by atoms with Crippen molar-refractivity contribution in [2.75, 3.05) is 17.1 Å². The number of carbonyl (C=O) groups is 2. The summed E-state index contributed by atoms with van der Waals surface area (Å²) < 4.78 is 24.8. The number of carboxylic acid groups (broad SMARTS) is 1. The van der Waals surface area contributed by atoms with Gasteiger partial charge in [0.05, 0.1) is 11.9 Å². The normalized spacial score (nSPS) is 18.1. The molecule has 1 amide bonds. The lowest BCUT2D eigenvalue weighted by Gasteiger charge is -2.17. The smallest absolute Gasteiger partial charge is 0.326 e. The first-order valence-corrected chi connectivity index (χ1v) is 9.75. The Morgan fingerprint density at radius 2 is 2.08 bits per heavy atom. The van der Waals surface area contributed by atoms with E-state index >= 15 is 0 Å². The Labute approximate surface area is 140 Å². The molecule has 2 N–H and O–H groups in total. The maximum absolute atomic E-state index is 12.3. The molecule has 3 rings (SSSR count). The van der Waals surface area contributed by atoms with Crippen LogP contribution in [-0.4, -0.2) is 44.2 Å². The highest BCUT2D eigenvalue weighted by Crippen LogP contribution is 2.34. The van der Waals surface area contributed by atoms with Gasteiger partial charge in [0.15, 0.2) is 0 Å². The van der Waals surface area contributed by atoms with Crippen LogP contribution in [0.2, 0.25) is 0 Å². The molecule has 0 spiro atoms. The van der Waals surface area contributed by atoms with Gasteiger partial charge in [-0.1, -0.05) is 12.8 Å². The number of carbonyl (C=O) groups excluding carboxylic acids is 1. The number of nitrogens with one attached hydrogen (secondary N) is 1. The standard InChI is InChI=1S/C16H20N2O5S/c1-24(22,23)18-7-6-11-9-12(4-5-14(11)18)15(19)17-13(16(20)21)8-10-2-3-10/h4-5,9-10,13H,2-3,6-8H2,1H3,(H,17,19)(H,20,21). The highest BCUT2D eigenvalue weighted by Gasteiger charge is 2.31. The fourth-order valence-corrected chi connectivity index (χ4v) is 3.97. The summed E-state index contributed by atoms with van der Waals surface area (Å²) in [5.74, 6) is -1.09. The molecule has 1 aromatic carbocycles. The zero-order chi connectivity index (χ0) is 17.5. The Bertz CT molecular complexity index is 786. The Hall–Kier alpha value is -2.09. The summed E-state index contributed by atoms with van der Waals surface area (Å²) in [6.45, 7) is 0.360. The molecule has 8 heteroatoms. The fraction of sp³-hybridized carbons (Fsp3) is 0.500. The van der Waals surface area contributed by atoms with Crippen molar-refractivity contribution >= 4 is 27.6 Å². The Kier molecular flexibility index (Phi) is 4.25. The predicted molar refractivity (Wildman–Crippen MR) is 88.6 cm³/mol. The summed E-state index contributed by atoms with van der Waals surface area (Å²) in [5.41, 5.74) is 1.72. The van der Waals surface area contributed by atoms with E-state index in [-0.39, 0.29) is 0 Å². The molecule has 7 nitrogen and oxygen atoms in total. The molecule has 0 radical (unpaired) electrons. The minimum atomic E-state index is -3.33. The van der Waals surface area contributed by atoms with Gasteiger partial charge in [-0.2, -0.15) is 0 Å². The lowest BCUT2D eigenvalue weighted by Crippen LogP contribution is -2.41. The monoisotopic (exact) mass is 352 g/mol. The van der Waals surface area contributed by atoms with Crippen LogP contribution in [0, 0.1) is 5.92 Å². The van der Waals surface area contributed by atoms with Crippen LogP contribution in [-0.2, 0) is 21.2 Å². The third-order valence-corrected chi connectivity index (χ3v) is 5.64. The average molecular weight is 352 g/mol. The molecule has 1 atom stereocenters. The van der Waals surface area contributed by atoms with E-state index < -0.39 is 27.9 Å². The molecular formula is C16H20N2O5S. The number of amides is 1. The summed E-state index contributed by atoms with van der Waals surface area (Å²) in [7, 11) is -3.33. The van der Waals surface area contributed by atoms with Crippen molar-refractivity contribution < 1.29 is 23.1 Å². The zero-order valence-electron chi connectivity index (χ0n) is 13.4. The fourth-order valence-electron chi connectivity index (χ4n) is 3.01. The van der Waals surface area contributed by atoms with Gasteiger partial charge >= 0.3 is 5.97 Å². The van der Waals surface area contributed by atoms with E-state index in [2.05, 4.69) is 5.32 Å². The summed E-state index contributed by atoms with van der Waals surface area (Å²) in [6, 6.07) is 3.90. The van der Waals surface area contributed by atoms with Crippen LogP contribution >= 0.6 is 0 Å². The SMILES string of the molecule is CS(=O)(=O)N1CCc2cc(C(=O)NC(CC3CC3)C(=O)O)ccc21. The van der Waals surface area contributed by atoms with Crippen LogP contribution in [0.4, 0.5) is 5.69 Å².